The van der Waals surface area contributed by atoms with E-state index in [1.165, 1.54) is 4.88 Å². The number of aryl methyl sites for hydroxylation is 2. The molecule has 7 heteroatoms. The van der Waals surface area contributed by atoms with E-state index in [-0.39, 0.29) is 12.1 Å². The second-order valence-corrected chi connectivity index (χ2v) is 8.02. The minimum Gasteiger partial charge on any atom is -0.444 e. The molecule has 128 valence electrons. The highest BCUT2D eigenvalue weighted by atomic mass is 32.1. The maximum atomic E-state index is 11.7. The van der Waals surface area contributed by atoms with Gasteiger partial charge in [-0.1, -0.05) is 0 Å². The molecule has 0 bridgehead atoms. The molecule has 0 radical (unpaired) electrons. The van der Waals surface area contributed by atoms with Crippen LogP contribution < -0.4 is 10.6 Å². The average Bonchev–Trinajstić information content (AvgIpc) is 2.87. The van der Waals surface area contributed by atoms with Crippen LogP contribution in [-0.4, -0.2) is 33.7 Å². The normalized spacial score (nSPS) is 13.3. The molecule has 2 rings (SSSR count). The fourth-order valence-corrected chi connectivity index (χ4v) is 3.11. The third-order valence-corrected chi connectivity index (χ3v) is 4.21. The standard InChI is InChI=1S/C16H26N4O2S/c1-10(7-18-15(21)22-16(4,5)6)17-8-13-12(3)19-14-20(13)9-11(2)23-14/h9-10,17H,7-8H2,1-6H3,(H,18,21). The van der Waals surface area contributed by atoms with Crippen LogP contribution in [0.5, 0.6) is 0 Å². The van der Waals surface area contributed by atoms with Crippen molar-refractivity contribution in [1.82, 2.24) is 20.0 Å². The van der Waals surface area contributed by atoms with Gasteiger partial charge >= 0.3 is 6.09 Å². The molecule has 2 heterocycles. The van der Waals surface area contributed by atoms with Crippen LogP contribution in [0.3, 0.4) is 0 Å². The van der Waals surface area contributed by atoms with Gasteiger partial charge in [0, 0.05) is 30.2 Å². The Bertz CT molecular complexity index is 684. The van der Waals surface area contributed by atoms with Crippen LogP contribution in [0.2, 0.25) is 0 Å². The van der Waals surface area contributed by atoms with Gasteiger partial charge in [-0.25, -0.2) is 9.78 Å². The van der Waals surface area contributed by atoms with Crippen molar-refractivity contribution in [3.8, 4) is 0 Å². The lowest BCUT2D eigenvalue weighted by Gasteiger charge is -2.21. The van der Waals surface area contributed by atoms with Crippen molar-refractivity contribution in [3.63, 3.8) is 0 Å². The summed E-state index contributed by atoms with van der Waals surface area (Å²) in [5.74, 6) is 0. The molecule has 2 aromatic heterocycles. The molecule has 0 aliphatic rings. The molecule has 6 nitrogen and oxygen atoms in total. The fraction of sp³-hybridized carbons (Fsp3) is 0.625. The van der Waals surface area contributed by atoms with Gasteiger partial charge in [-0.3, -0.25) is 4.40 Å². The molecule has 1 unspecified atom stereocenters. The van der Waals surface area contributed by atoms with Gasteiger partial charge in [0.15, 0.2) is 4.96 Å². The van der Waals surface area contributed by atoms with E-state index in [1.807, 2.05) is 34.6 Å². The van der Waals surface area contributed by atoms with Gasteiger partial charge in [0.05, 0.1) is 11.4 Å². The lowest BCUT2D eigenvalue weighted by atomic mass is 10.2. The summed E-state index contributed by atoms with van der Waals surface area (Å²) in [6, 6.07) is 0.132. The number of ether oxygens (including phenoxy) is 1. The lowest BCUT2D eigenvalue weighted by molar-refractivity contribution is 0.0523. The highest BCUT2D eigenvalue weighted by molar-refractivity contribution is 7.17. The Morgan fingerprint density at radius 1 is 1.43 bits per heavy atom. The molecule has 0 fully saturated rings. The van der Waals surface area contributed by atoms with E-state index in [0.29, 0.717) is 13.1 Å². The van der Waals surface area contributed by atoms with E-state index in [9.17, 15) is 4.79 Å². The minimum atomic E-state index is -0.474. The summed E-state index contributed by atoms with van der Waals surface area (Å²) in [6.07, 6.45) is 1.73. The number of nitrogens with one attached hydrogen (secondary N) is 2. The smallest absolute Gasteiger partial charge is 0.407 e. The summed E-state index contributed by atoms with van der Waals surface area (Å²) in [5.41, 5.74) is 1.72. The van der Waals surface area contributed by atoms with Crippen LogP contribution in [-0.2, 0) is 11.3 Å². The Hall–Kier alpha value is -1.60. The van der Waals surface area contributed by atoms with E-state index in [2.05, 4.69) is 33.1 Å². The highest BCUT2D eigenvalue weighted by Gasteiger charge is 2.17. The number of hydrogen-bond acceptors (Lipinski definition) is 5. The van der Waals surface area contributed by atoms with Crippen molar-refractivity contribution in [1.29, 1.82) is 0 Å². The fourth-order valence-electron chi connectivity index (χ4n) is 2.22. The van der Waals surface area contributed by atoms with E-state index in [4.69, 9.17) is 4.74 Å². The number of aromatic nitrogens is 2. The second-order valence-electron chi connectivity index (χ2n) is 6.80. The van der Waals surface area contributed by atoms with Crippen molar-refractivity contribution < 1.29 is 9.53 Å². The Morgan fingerprint density at radius 3 is 2.78 bits per heavy atom. The molecule has 2 N–H and O–H groups in total. The maximum Gasteiger partial charge on any atom is 0.407 e. The van der Waals surface area contributed by atoms with Crippen LogP contribution in [0.4, 0.5) is 4.79 Å². The zero-order chi connectivity index (χ0) is 17.2. The molecular formula is C16H26N4O2S. The van der Waals surface area contributed by atoms with E-state index in [1.54, 1.807) is 11.3 Å². The van der Waals surface area contributed by atoms with Crippen LogP contribution in [0.15, 0.2) is 6.20 Å². The first-order valence-electron chi connectivity index (χ1n) is 7.80. The first-order chi connectivity index (χ1) is 10.7. The first-order valence-corrected chi connectivity index (χ1v) is 8.61. The summed E-state index contributed by atoms with van der Waals surface area (Å²) in [6.45, 7) is 12.9. The van der Waals surface area contributed by atoms with Gasteiger partial charge in [0.1, 0.15) is 5.60 Å². The van der Waals surface area contributed by atoms with Crippen LogP contribution >= 0.6 is 11.3 Å². The number of imidazole rings is 1. The molecule has 0 aliphatic carbocycles. The number of rotatable bonds is 5. The molecule has 0 spiro atoms. The third kappa shape index (κ3) is 4.94. The van der Waals surface area contributed by atoms with Crippen molar-refractivity contribution in [2.24, 2.45) is 0 Å². The van der Waals surface area contributed by atoms with Gasteiger partial charge < -0.3 is 15.4 Å². The molecule has 0 saturated heterocycles. The molecule has 23 heavy (non-hydrogen) atoms. The van der Waals surface area contributed by atoms with Gasteiger partial charge in [-0.05, 0) is 41.5 Å². The van der Waals surface area contributed by atoms with Gasteiger partial charge in [0.25, 0.3) is 0 Å². The number of fused-ring (bicyclic) bond motifs is 1. The van der Waals surface area contributed by atoms with E-state index < -0.39 is 5.60 Å². The SMILES string of the molecule is Cc1cn2c(CNC(C)CNC(=O)OC(C)(C)C)c(C)nc2s1. The molecular weight excluding hydrogens is 312 g/mol. The minimum absolute atomic E-state index is 0.132. The van der Waals surface area contributed by atoms with E-state index >= 15 is 0 Å². The zero-order valence-electron chi connectivity index (χ0n) is 14.7. The first kappa shape index (κ1) is 17.7. The monoisotopic (exact) mass is 338 g/mol. The van der Waals surface area contributed by atoms with Gasteiger partial charge in [-0.2, -0.15) is 0 Å². The number of carbonyl (C=O) groups is 1. The number of hydrogen-bond donors (Lipinski definition) is 2. The Balaban J connectivity index is 1.85. The molecule has 1 atom stereocenters. The predicted octanol–water partition coefficient (Wildman–Crippen LogP) is 3.02. The summed E-state index contributed by atoms with van der Waals surface area (Å²) in [7, 11) is 0. The summed E-state index contributed by atoms with van der Waals surface area (Å²) in [4.78, 5) is 18.5. The quantitative estimate of drug-likeness (QED) is 0.879. The number of carbonyl (C=O) groups excluding carboxylic acids is 1. The Kier molecular flexibility index (Phi) is 5.31. The molecule has 1 amide bonds. The van der Waals surface area contributed by atoms with Gasteiger partial charge in [-0.15, -0.1) is 11.3 Å². The lowest BCUT2D eigenvalue weighted by Crippen LogP contribution is -2.41. The number of amides is 1. The summed E-state index contributed by atoms with van der Waals surface area (Å²) >= 11 is 1.69. The predicted molar refractivity (Wildman–Crippen MR) is 93.1 cm³/mol. The van der Waals surface area contributed by atoms with Gasteiger partial charge in [0.2, 0.25) is 0 Å². The van der Waals surface area contributed by atoms with Crippen LogP contribution in [0, 0.1) is 13.8 Å². The molecule has 2 aromatic rings. The van der Waals surface area contributed by atoms with Crippen LogP contribution in [0.1, 0.15) is 44.0 Å². The van der Waals surface area contributed by atoms with Crippen molar-refractivity contribution in [3.05, 3.63) is 22.5 Å². The number of nitrogens with zero attached hydrogens (tertiary/aromatic N) is 2. The van der Waals surface area contributed by atoms with Crippen molar-refractivity contribution in [2.45, 2.75) is 59.7 Å². The topological polar surface area (TPSA) is 67.7 Å². The van der Waals surface area contributed by atoms with Crippen molar-refractivity contribution >= 4 is 22.4 Å². The third-order valence-electron chi connectivity index (χ3n) is 3.31. The molecule has 0 saturated carbocycles. The summed E-state index contributed by atoms with van der Waals surface area (Å²) in [5, 5.41) is 6.20. The second kappa shape index (κ2) is 6.88. The maximum absolute atomic E-state index is 11.7. The summed E-state index contributed by atoms with van der Waals surface area (Å²) < 4.78 is 7.36. The van der Waals surface area contributed by atoms with Crippen molar-refractivity contribution in [2.75, 3.05) is 6.54 Å². The molecule has 0 aromatic carbocycles. The van der Waals surface area contributed by atoms with E-state index in [0.717, 1.165) is 16.3 Å². The zero-order valence-corrected chi connectivity index (χ0v) is 15.5. The largest absolute Gasteiger partial charge is 0.444 e. The number of alkyl carbamates (subject to hydrolysis) is 1. The Labute approximate surface area is 141 Å². The number of thiazole rings is 1. The Morgan fingerprint density at radius 2 is 2.13 bits per heavy atom. The highest BCUT2D eigenvalue weighted by Crippen LogP contribution is 2.20. The average molecular weight is 338 g/mol. The van der Waals surface area contributed by atoms with Crippen LogP contribution in [0.25, 0.3) is 4.96 Å². The molecule has 0 aliphatic heterocycles.